The van der Waals surface area contributed by atoms with E-state index in [1.165, 1.54) is 12.8 Å². The second kappa shape index (κ2) is 9.91. The minimum Gasteiger partial charge on any atom is -0.462 e. The molecule has 0 spiro atoms. The highest BCUT2D eigenvalue weighted by Gasteiger charge is 2.34. The van der Waals surface area contributed by atoms with Crippen molar-refractivity contribution in [3.05, 3.63) is 0 Å². The molecule has 0 aromatic carbocycles. The van der Waals surface area contributed by atoms with Gasteiger partial charge >= 0.3 is 11.9 Å². The van der Waals surface area contributed by atoms with E-state index in [-0.39, 0.29) is 18.8 Å². The molecule has 2 saturated carbocycles. The summed E-state index contributed by atoms with van der Waals surface area (Å²) in [5, 5.41) is 0. The molecule has 23 heavy (non-hydrogen) atoms. The summed E-state index contributed by atoms with van der Waals surface area (Å²) in [5.74, 6) is -1.91. The number of carbonyl (C=O) groups excluding carboxylic acids is 2. The fourth-order valence-electron chi connectivity index (χ4n) is 3.33. The lowest BCUT2D eigenvalue weighted by molar-refractivity contribution is -0.172. The number of rotatable bonds is 7. The molecule has 0 bridgehead atoms. The van der Waals surface area contributed by atoms with Gasteiger partial charge in [0.05, 0.1) is 6.61 Å². The summed E-state index contributed by atoms with van der Waals surface area (Å²) in [6.07, 6.45) is 10.2. The first kappa shape index (κ1) is 18.2. The van der Waals surface area contributed by atoms with Crippen molar-refractivity contribution < 1.29 is 23.8 Å². The van der Waals surface area contributed by atoms with Gasteiger partial charge in [-0.1, -0.05) is 12.8 Å². The van der Waals surface area contributed by atoms with Crippen LogP contribution in [0.3, 0.4) is 0 Å². The zero-order valence-electron chi connectivity index (χ0n) is 14.3. The summed E-state index contributed by atoms with van der Waals surface area (Å²) in [7, 11) is 0. The van der Waals surface area contributed by atoms with E-state index in [0.29, 0.717) is 6.61 Å². The average Bonchev–Trinajstić information content (AvgIpc) is 2.57. The molecule has 0 radical (unpaired) electrons. The maximum absolute atomic E-state index is 12.4. The Bertz CT molecular complexity index is 338. The Morgan fingerprint density at radius 3 is 1.65 bits per heavy atom. The second-order valence-electron chi connectivity index (χ2n) is 6.61. The number of ether oxygens (including phenoxy) is 3. The molecule has 2 rings (SSSR count). The molecule has 0 unspecified atom stereocenters. The Kier molecular flexibility index (Phi) is 7.86. The molecule has 2 fully saturated rings. The summed E-state index contributed by atoms with van der Waals surface area (Å²) >= 11 is 0. The van der Waals surface area contributed by atoms with Gasteiger partial charge in [0, 0.05) is 6.61 Å². The van der Waals surface area contributed by atoms with Crippen LogP contribution in [0.25, 0.3) is 0 Å². The quantitative estimate of drug-likeness (QED) is 0.530. The van der Waals surface area contributed by atoms with Crippen LogP contribution in [0.1, 0.15) is 71.1 Å². The van der Waals surface area contributed by atoms with Gasteiger partial charge in [0.25, 0.3) is 0 Å². The van der Waals surface area contributed by atoms with Crippen molar-refractivity contribution in [3.8, 4) is 0 Å². The Balaban J connectivity index is 1.87. The first-order valence-corrected chi connectivity index (χ1v) is 9.19. The van der Waals surface area contributed by atoms with Crippen LogP contribution in [0.2, 0.25) is 0 Å². The number of hydrogen-bond acceptors (Lipinski definition) is 5. The van der Waals surface area contributed by atoms with Crippen molar-refractivity contribution >= 4 is 11.9 Å². The SMILES string of the molecule is CCOCC(C(=O)OC1CCCCC1)C(=O)OC1CCCCC1. The zero-order valence-corrected chi connectivity index (χ0v) is 14.3. The highest BCUT2D eigenvalue weighted by molar-refractivity contribution is 5.95. The normalized spacial score (nSPS) is 20.4. The van der Waals surface area contributed by atoms with Crippen LogP contribution in [0.15, 0.2) is 0 Å². The first-order valence-electron chi connectivity index (χ1n) is 9.19. The topological polar surface area (TPSA) is 61.8 Å². The van der Waals surface area contributed by atoms with Crippen molar-refractivity contribution in [1.29, 1.82) is 0 Å². The van der Waals surface area contributed by atoms with Crippen LogP contribution >= 0.6 is 0 Å². The van der Waals surface area contributed by atoms with E-state index in [1.54, 1.807) is 0 Å². The molecule has 0 atom stereocenters. The van der Waals surface area contributed by atoms with E-state index in [4.69, 9.17) is 14.2 Å². The van der Waals surface area contributed by atoms with Crippen LogP contribution < -0.4 is 0 Å². The smallest absolute Gasteiger partial charge is 0.323 e. The maximum atomic E-state index is 12.4. The van der Waals surface area contributed by atoms with Gasteiger partial charge in [-0.15, -0.1) is 0 Å². The molecule has 0 amide bonds. The van der Waals surface area contributed by atoms with E-state index in [0.717, 1.165) is 51.4 Å². The molecular formula is C18H30O5. The standard InChI is InChI=1S/C18H30O5/c1-2-21-13-16(17(19)22-14-9-5-3-6-10-14)18(20)23-15-11-7-4-8-12-15/h14-16H,2-13H2,1H3. The third-order valence-electron chi connectivity index (χ3n) is 4.73. The highest BCUT2D eigenvalue weighted by atomic mass is 16.6. The third kappa shape index (κ3) is 6.13. The van der Waals surface area contributed by atoms with Crippen LogP contribution in [0.4, 0.5) is 0 Å². The molecule has 0 N–H and O–H groups in total. The minimum absolute atomic E-state index is 0.0492. The van der Waals surface area contributed by atoms with E-state index >= 15 is 0 Å². The molecule has 2 aliphatic rings. The number of carbonyl (C=O) groups is 2. The Labute approximate surface area is 139 Å². The molecule has 0 saturated heterocycles. The molecule has 5 heteroatoms. The van der Waals surface area contributed by atoms with Crippen LogP contribution in [0, 0.1) is 5.92 Å². The summed E-state index contributed by atoms with van der Waals surface area (Å²) < 4.78 is 16.4. The lowest BCUT2D eigenvalue weighted by atomic mass is 9.97. The Morgan fingerprint density at radius 1 is 0.826 bits per heavy atom. The van der Waals surface area contributed by atoms with Crippen molar-refractivity contribution in [2.75, 3.05) is 13.2 Å². The van der Waals surface area contributed by atoms with Crippen LogP contribution in [-0.2, 0) is 23.8 Å². The monoisotopic (exact) mass is 326 g/mol. The zero-order chi connectivity index (χ0) is 16.5. The van der Waals surface area contributed by atoms with Crippen molar-refractivity contribution in [2.45, 2.75) is 83.3 Å². The van der Waals surface area contributed by atoms with Gasteiger partial charge < -0.3 is 14.2 Å². The summed E-state index contributed by atoms with van der Waals surface area (Å²) in [6, 6.07) is 0. The second-order valence-corrected chi connectivity index (χ2v) is 6.61. The van der Waals surface area contributed by atoms with E-state index in [1.807, 2.05) is 6.92 Å². The average molecular weight is 326 g/mol. The van der Waals surface area contributed by atoms with Crippen molar-refractivity contribution in [2.24, 2.45) is 5.92 Å². The fraction of sp³-hybridized carbons (Fsp3) is 0.889. The number of esters is 2. The molecule has 0 aromatic heterocycles. The van der Waals surface area contributed by atoms with Gasteiger partial charge in [-0.3, -0.25) is 9.59 Å². The fourth-order valence-corrected chi connectivity index (χ4v) is 3.33. The molecule has 2 aliphatic carbocycles. The van der Waals surface area contributed by atoms with Gasteiger partial charge in [0.2, 0.25) is 0 Å². The predicted molar refractivity (Wildman–Crippen MR) is 85.9 cm³/mol. The largest absolute Gasteiger partial charge is 0.462 e. The summed E-state index contributed by atoms with van der Waals surface area (Å²) in [6.45, 7) is 2.35. The molecule has 132 valence electrons. The molecule has 0 aliphatic heterocycles. The highest BCUT2D eigenvalue weighted by Crippen LogP contribution is 2.24. The Morgan fingerprint density at radius 2 is 1.26 bits per heavy atom. The van der Waals surface area contributed by atoms with Gasteiger partial charge in [-0.2, -0.15) is 0 Å². The molecular weight excluding hydrogens is 296 g/mol. The first-order chi connectivity index (χ1) is 11.2. The van der Waals surface area contributed by atoms with E-state index in [9.17, 15) is 9.59 Å². The predicted octanol–water partition coefficient (Wildman–Crippen LogP) is 3.39. The summed E-state index contributed by atoms with van der Waals surface area (Å²) in [4.78, 5) is 24.8. The van der Waals surface area contributed by atoms with Gasteiger partial charge in [0.15, 0.2) is 5.92 Å². The third-order valence-corrected chi connectivity index (χ3v) is 4.73. The summed E-state index contributed by atoms with van der Waals surface area (Å²) in [5.41, 5.74) is 0. The van der Waals surface area contributed by atoms with Crippen LogP contribution in [-0.4, -0.2) is 37.4 Å². The maximum Gasteiger partial charge on any atom is 0.323 e. The lowest BCUT2D eigenvalue weighted by Gasteiger charge is -2.26. The van der Waals surface area contributed by atoms with E-state index in [2.05, 4.69) is 0 Å². The molecule has 5 nitrogen and oxygen atoms in total. The van der Waals surface area contributed by atoms with E-state index < -0.39 is 17.9 Å². The van der Waals surface area contributed by atoms with Gasteiger partial charge in [-0.05, 0) is 58.3 Å². The molecule has 0 aromatic rings. The minimum atomic E-state index is -0.946. The Hall–Kier alpha value is -1.10. The lowest BCUT2D eigenvalue weighted by Crippen LogP contribution is -2.37. The number of hydrogen-bond donors (Lipinski definition) is 0. The van der Waals surface area contributed by atoms with Crippen molar-refractivity contribution in [1.82, 2.24) is 0 Å². The van der Waals surface area contributed by atoms with Gasteiger partial charge in [-0.25, -0.2) is 0 Å². The molecule has 0 heterocycles. The van der Waals surface area contributed by atoms with Crippen molar-refractivity contribution in [3.63, 3.8) is 0 Å². The van der Waals surface area contributed by atoms with Crippen LogP contribution in [0.5, 0.6) is 0 Å². The van der Waals surface area contributed by atoms with Gasteiger partial charge in [0.1, 0.15) is 12.2 Å².